The summed E-state index contributed by atoms with van der Waals surface area (Å²) in [6.45, 7) is 0. The van der Waals surface area contributed by atoms with Crippen LogP contribution in [0.25, 0.3) is 0 Å². The molecular weight excluding hydrogens is 332 g/mol. The average Bonchev–Trinajstić information content (AvgIpc) is 2.61. The molecule has 2 rings (SSSR count). The van der Waals surface area contributed by atoms with Gasteiger partial charge in [-0.1, -0.05) is 11.6 Å². The Balaban J connectivity index is 2.16. The minimum atomic E-state index is -0.345. The Morgan fingerprint density at radius 3 is 2.17 bits per heavy atom. The van der Waals surface area contributed by atoms with Crippen molar-refractivity contribution >= 4 is 23.7 Å². The van der Waals surface area contributed by atoms with Gasteiger partial charge in [0.25, 0.3) is 5.91 Å². The standard InChI is InChI=1S/C17H17ClN2O4/c1-22-14-9-16(24-3)15(23-2)8-12(14)10-19-20-17(21)11-4-6-13(18)7-5-11/h4-10H,1-3H3,(H,20,21)/b19-10+. The maximum Gasteiger partial charge on any atom is 0.271 e. The predicted octanol–water partition coefficient (Wildman–Crippen LogP) is 3.13. The van der Waals surface area contributed by atoms with Crippen molar-refractivity contribution in [2.24, 2.45) is 5.10 Å². The number of halogens is 1. The lowest BCUT2D eigenvalue weighted by Crippen LogP contribution is -2.17. The summed E-state index contributed by atoms with van der Waals surface area (Å²) in [5, 5.41) is 4.51. The molecule has 0 atom stereocenters. The highest BCUT2D eigenvalue weighted by Gasteiger charge is 2.10. The van der Waals surface area contributed by atoms with Gasteiger partial charge in [0.05, 0.1) is 27.5 Å². The lowest BCUT2D eigenvalue weighted by Gasteiger charge is -2.11. The zero-order chi connectivity index (χ0) is 17.5. The number of nitrogens with zero attached hydrogens (tertiary/aromatic N) is 1. The maximum absolute atomic E-state index is 12.0. The maximum atomic E-state index is 12.0. The Kier molecular flexibility index (Phi) is 6.03. The number of methoxy groups -OCH3 is 3. The van der Waals surface area contributed by atoms with Gasteiger partial charge in [0.1, 0.15) is 5.75 Å². The third kappa shape index (κ3) is 4.17. The molecular formula is C17H17ClN2O4. The fraction of sp³-hybridized carbons (Fsp3) is 0.176. The van der Waals surface area contributed by atoms with E-state index in [-0.39, 0.29) is 5.91 Å². The molecule has 0 heterocycles. The van der Waals surface area contributed by atoms with E-state index in [2.05, 4.69) is 10.5 Å². The van der Waals surface area contributed by atoms with Crippen molar-refractivity contribution in [1.82, 2.24) is 5.43 Å². The van der Waals surface area contributed by atoms with Crippen LogP contribution in [0.4, 0.5) is 0 Å². The zero-order valence-corrected chi connectivity index (χ0v) is 14.3. The number of nitrogens with one attached hydrogen (secondary N) is 1. The molecule has 0 fully saturated rings. The van der Waals surface area contributed by atoms with Crippen LogP contribution in [0.2, 0.25) is 5.02 Å². The number of benzene rings is 2. The molecule has 0 aliphatic heterocycles. The van der Waals surface area contributed by atoms with E-state index >= 15 is 0 Å². The third-order valence-electron chi connectivity index (χ3n) is 3.21. The number of ether oxygens (including phenoxy) is 3. The van der Waals surface area contributed by atoms with E-state index in [1.807, 2.05) is 0 Å². The molecule has 0 spiro atoms. The lowest BCUT2D eigenvalue weighted by atomic mass is 10.2. The molecule has 0 unspecified atom stereocenters. The first kappa shape index (κ1) is 17.6. The number of hydrogen-bond acceptors (Lipinski definition) is 5. The zero-order valence-electron chi connectivity index (χ0n) is 13.5. The van der Waals surface area contributed by atoms with Crippen LogP contribution in [0.15, 0.2) is 41.5 Å². The molecule has 0 bridgehead atoms. The van der Waals surface area contributed by atoms with Crippen molar-refractivity contribution in [3.05, 3.63) is 52.5 Å². The van der Waals surface area contributed by atoms with E-state index in [1.54, 1.807) is 36.4 Å². The number of rotatable bonds is 6. The predicted molar refractivity (Wildman–Crippen MR) is 92.6 cm³/mol. The first-order valence-corrected chi connectivity index (χ1v) is 7.35. The van der Waals surface area contributed by atoms with Crippen LogP contribution in [0.1, 0.15) is 15.9 Å². The Labute approximate surface area is 145 Å². The number of amides is 1. The van der Waals surface area contributed by atoms with Gasteiger partial charge in [-0.2, -0.15) is 5.10 Å². The van der Waals surface area contributed by atoms with E-state index in [4.69, 9.17) is 25.8 Å². The van der Waals surface area contributed by atoms with Crippen LogP contribution >= 0.6 is 11.6 Å². The normalized spacial score (nSPS) is 10.5. The minimum Gasteiger partial charge on any atom is -0.496 e. The summed E-state index contributed by atoms with van der Waals surface area (Å²) in [6.07, 6.45) is 1.47. The van der Waals surface area contributed by atoms with Crippen LogP contribution in [-0.4, -0.2) is 33.5 Å². The van der Waals surface area contributed by atoms with Crippen molar-refractivity contribution < 1.29 is 19.0 Å². The van der Waals surface area contributed by atoms with Crippen molar-refractivity contribution in [3.8, 4) is 17.2 Å². The van der Waals surface area contributed by atoms with E-state index in [0.29, 0.717) is 33.4 Å². The van der Waals surface area contributed by atoms with Crippen LogP contribution in [0, 0.1) is 0 Å². The highest BCUT2D eigenvalue weighted by atomic mass is 35.5. The van der Waals surface area contributed by atoms with Gasteiger partial charge in [-0.05, 0) is 30.3 Å². The molecule has 0 saturated carbocycles. The number of hydrogen-bond donors (Lipinski definition) is 1. The van der Waals surface area contributed by atoms with Gasteiger partial charge in [-0.25, -0.2) is 5.43 Å². The molecule has 7 heteroatoms. The number of carbonyl (C=O) groups excluding carboxylic acids is 1. The molecule has 6 nitrogen and oxygen atoms in total. The smallest absolute Gasteiger partial charge is 0.271 e. The molecule has 2 aromatic rings. The summed E-state index contributed by atoms with van der Waals surface area (Å²) in [5.41, 5.74) is 3.53. The Morgan fingerprint density at radius 1 is 1.00 bits per heavy atom. The molecule has 0 saturated heterocycles. The van der Waals surface area contributed by atoms with Crippen molar-refractivity contribution in [2.75, 3.05) is 21.3 Å². The molecule has 126 valence electrons. The quantitative estimate of drug-likeness (QED) is 0.643. The van der Waals surface area contributed by atoms with Gasteiger partial charge >= 0.3 is 0 Å². The topological polar surface area (TPSA) is 69.2 Å². The number of hydrazone groups is 1. The second-order valence-electron chi connectivity index (χ2n) is 4.66. The van der Waals surface area contributed by atoms with Gasteiger partial charge in [0.15, 0.2) is 11.5 Å². The summed E-state index contributed by atoms with van der Waals surface area (Å²) in [7, 11) is 4.61. The highest BCUT2D eigenvalue weighted by molar-refractivity contribution is 6.30. The molecule has 1 amide bonds. The van der Waals surface area contributed by atoms with Crippen LogP contribution < -0.4 is 19.6 Å². The minimum absolute atomic E-state index is 0.345. The molecule has 24 heavy (non-hydrogen) atoms. The van der Waals surface area contributed by atoms with Gasteiger partial charge in [0.2, 0.25) is 0 Å². The van der Waals surface area contributed by atoms with Gasteiger partial charge in [-0.3, -0.25) is 4.79 Å². The van der Waals surface area contributed by atoms with Crippen LogP contribution in [0.5, 0.6) is 17.2 Å². The molecule has 2 aromatic carbocycles. The first-order valence-electron chi connectivity index (χ1n) is 6.98. The molecule has 0 aliphatic rings. The SMILES string of the molecule is COc1cc(OC)c(OC)cc1/C=N/NC(=O)c1ccc(Cl)cc1. The Morgan fingerprint density at radius 2 is 1.58 bits per heavy atom. The van der Waals surface area contributed by atoms with Crippen LogP contribution in [-0.2, 0) is 0 Å². The van der Waals surface area contributed by atoms with Crippen molar-refractivity contribution in [1.29, 1.82) is 0 Å². The van der Waals surface area contributed by atoms with Gasteiger partial charge in [0, 0.05) is 22.2 Å². The monoisotopic (exact) mass is 348 g/mol. The fourth-order valence-electron chi connectivity index (χ4n) is 1.98. The average molecular weight is 349 g/mol. The highest BCUT2D eigenvalue weighted by Crippen LogP contribution is 2.33. The summed E-state index contributed by atoms with van der Waals surface area (Å²) >= 11 is 5.79. The molecule has 1 N–H and O–H groups in total. The summed E-state index contributed by atoms with van der Waals surface area (Å²) in [6, 6.07) is 9.89. The summed E-state index contributed by atoms with van der Waals surface area (Å²) < 4.78 is 15.7. The summed E-state index contributed by atoms with van der Waals surface area (Å²) in [4.78, 5) is 12.0. The lowest BCUT2D eigenvalue weighted by molar-refractivity contribution is 0.0955. The summed E-state index contributed by atoms with van der Waals surface area (Å²) in [5.74, 6) is 1.26. The van der Waals surface area contributed by atoms with E-state index < -0.39 is 0 Å². The van der Waals surface area contributed by atoms with Crippen LogP contribution in [0.3, 0.4) is 0 Å². The molecule has 0 radical (unpaired) electrons. The fourth-order valence-corrected chi connectivity index (χ4v) is 2.11. The number of carbonyl (C=O) groups is 1. The molecule has 0 aromatic heterocycles. The van der Waals surface area contributed by atoms with Gasteiger partial charge in [-0.15, -0.1) is 0 Å². The Hall–Kier alpha value is -2.73. The molecule has 0 aliphatic carbocycles. The third-order valence-corrected chi connectivity index (χ3v) is 3.46. The van der Waals surface area contributed by atoms with E-state index in [9.17, 15) is 4.79 Å². The van der Waals surface area contributed by atoms with Gasteiger partial charge < -0.3 is 14.2 Å². The second-order valence-corrected chi connectivity index (χ2v) is 5.09. The first-order chi connectivity index (χ1) is 11.6. The second kappa shape index (κ2) is 8.21. The van der Waals surface area contributed by atoms with Crippen molar-refractivity contribution in [2.45, 2.75) is 0 Å². The largest absolute Gasteiger partial charge is 0.496 e. The van der Waals surface area contributed by atoms with Crippen molar-refractivity contribution in [3.63, 3.8) is 0 Å². The van der Waals surface area contributed by atoms with E-state index in [0.717, 1.165) is 0 Å². The Bertz CT molecular complexity index is 745. The van der Waals surface area contributed by atoms with E-state index in [1.165, 1.54) is 27.5 Å².